The molecule has 0 radical (unpaired) electrons. The van der Waals surface area contributed by atoms with Crippen molar-refractivity contribution in [2.24, 2.45) is 0 Å². The number of nitrogen functional groups attached to an aromatic ring is 1. The zero-order valence-electron chi connectivity index (χ0n) is 10.8. The summed E-state index contributed by atoms with van der Waals surface area (Å²) >= 11 is 0. The lowest BCUT2D eigenvalue weighted by Gasteiger charge is -2.36. The summed E-state index contributed by atoms with van der Waals surface area (Å²) in [5.74, 6) is 0.266. The van der Waals surface area contributed by atoms with Crippen LogP contribution in [-0.4, -0.2) is 57.9 Å². The molecule has 0 bridgehead atoms. The van der Waals surface area contributed by atoms with Gasteiger partial charge in [0.15, 0.2) is 0 Å². The molecule has 6 nitrogen and oxygen atoms in total. The molecule has 0 aliphatic carbocycles. The first-order valence-corrected chi connectivity index (χ1v) is 6.19. The zero-order chi connectivity index (χ0) is 13.1. The molecule has 0 atom stereocenters. The standard InChI is InChI=1S/C12H19N5O/c1-9(2)16-3-5-17(6-4-16)12(18)10-7-15-11(13)8-14-10/h7-9H,3-6H2,1-2H3,(H2,13,15). The Kier molecular flexibility index (Phi) is 3.76. The number of carbonyl (C=O) groups is 1. The number of aromatic nitrogens is 2. The molecule has 1 aliphatic rings. The molecular weight excluding hydrogens is 230 g/mol. The van der Waals surface area contributed by atoms with Gasteiger partial charge in [-0.25, -0.2) is 9.97 Å². The highest BCUT2D eigenvalue weighted by atomic mass is 16.2. The van der Waals surface area contributed by atoms with Crippen LogP contribution in [-0.2, 0) is 0 Å². The maximum absolute atomic E-state index is 12.2. The first kappa shape index (κ1) is 12.8. The highest BCUT2D eigenvalue weighted by molar-refractivity contribution is 5.92. The third-order valence-corrected chi connectivity index (χ3v) is 3.22. The Morgan fingerprint density at radius 1 is 1.22 bits per heavy atom. The lowest BCUT2D eigenvalue weighted by atomic mass is 10.2. The number of rotatable bonds is 2. The van der Waals surface area contributed by atoms with Gasteiger partial charge in [-0.15, -0.1) is 0 Å². The number of hydrogen-bond donors (Lipinski definition) is 1. The molecule has 1 amide bonds. The van der Waals surface area contributed by atoms with Crippen molar-refractivity contribution < 1.29 is 4.79 Å². The van der Waals surface area contributed by atoms with Crippen LogP contribution in [0.4, 0.5) is 5.82 Å². The summed E-state index contributed by atoms with van der Waals surface area (Å²) in [7, 11) is 0. The molecule has 6 heteroatoms. The van der Waals surface area contributed by atoms with E-state index in [4.69, 9.17) is 5.73 Å². The fourth-order valence-corrected chi connectivity index (χ4v) is 2.05. The number of anilines is 1. The first-order chi connectivity index (χ1) is 8.58. The van der Waals surface area contributed by atoms with E-state index in [1.165, 1.54) is 12.4 Å². The third-order valence-electron chi connectivity index (χ3n) is 3.22. The predicted octanol–water partition coefficient (Wildman–Crippen LogP) is 0.225. The molecular formula is C12H19N5O. The van der Waals surface area contributed by atoms with Crippen molar-refractivity contribution in [2.75, 3.05) is 31.9 Å². The van der Waals surface area contributed by atoms with Crippen LogP contribution in [0.1, 0.15) is 24.3 Å². The summed E-state index contributed by atoms with van der Waals surface area (Å²) in [5.41, 5.74) is 5.81. The Morgan fingerprint density at radius 2 is 1.89 bits per heavy atom. The Bertz CT molecular complexity index is 409. The summed E-state index contributed by atoms with van der Waals surface area (Å²) in [6.45, 7) is 7.63. The monoisotopic (exact) mass is 249 g/mol. The van der Waals surface area contributed by atoms with Gasteiger partial charge in [0.25, 0.3) is 5.91 Å². The number of amides is 1. The molecule has 0 unspecified atom stereocenters. The molecule has 0 saturated carbocycles. The summed E-state index contributed by atoms with van der Waals surface area (Å²) < 4.78 is 0. The van der Waals surface area contributed by atoms with Crippen LogP contribution in [0.2, 0.25) is 0 Å². The second kappa shape index (κ2) is 5.30. The van der Waals surface area contributed by atoms with Gasteiger partial charge in [-0.2, -0.15) is 0 Å². The van der Waals surface area contributed by atoms with Crippen molar-refractivity contribution in [3.05, 3.63) is 18.1 Å². The van der Waals surface area contributed by atoms with Crippen molar-refractivity contribution in [2.45, 2.75) is 19.9 Å². The lowest BCUT2D eigenvalue weighted by Crippen LogP contribution is -2.50. The fraction of sp³-hybridized carbons (Fsp3) is 0.583. The van der Waals surface area contributed by atoms with Crippen LogP contribution in [0.25, 0.3) is 0 Å². The first-order valence-electron chi connectivity index (χ1n) is 6.19. The van der Waals surface area contributed by atoms with Crippen LogP contribution in [0.5, 0.6) is 0 Å². The van der Waals surface area contributed by atoms with Crippen LogP contribution in [0, 0.1) is 0 Å². The summed E-state index contributed by atoms with van der Waals surface area (Å²) in [6, 6.07) is 0.526. The average molecular weight is 249 g/mol. The molecule has 18 heavy (non-hydrogen) atoms. The maximum Gasteiger partial charge on any atom is 0.274 e. The van der Waals surface area contributed by atoms with Crippen molar-refractivity contribution in [1.29, 1.82) is 0 Å². The number of piperazine rings is 1. The lowest BCUT2D eigenvalue weighted by molar-refractivity contribution is 0.0589. The normalized spacial score (nSPS) is 17.2. The van der Waals surface area contributed by atoms with E-state index in [-0.39, 0.29) is 5.91 Å². The number of hydrogen-bond acceptors (Lipinski definition) is 5. The van der Waals surface area contributed by atoms with E-state index >= 15 is 0 Å². The molecule has 1 aliphatic heterocycles. The maximum atomic E-state index is 12.2. The summed E-state index contributed by atoms with van der Waals surface area (Å²) in [5, 5.41) is 0. The smallest absolute Gasteiger partial charge is 0.274 e. The number of nitrogens with zero attached hydrogens (tertiary/aromatic N) is 4. The van der Waals surface area contributed by atoms with Gasteiger partial charge in [-0.1, -0.05) is 0 Å². The molecule has 1 fully saturated rings. The minimum Gasteiger partial charge on any atom is -0.382 e. The molecule has 2 heterocycles. The SMILES string of the molecule is CC(C)N1CCN(C(=O)c2cnc(N)cn2)CC1. The van der Waals surface area contributed by atoms with E-state index < -0.39 is 0 Å². The van der Waals surface area contributed by atoms with E-state index in [9.17, 15) is 4.79 Å². The van der Waals surface area contributed by atoms with Gasteiger partial charge in [0.2, 0.25) is 0 Å². The molecule has 0 aromatic carbocycles. The van der Waals surface area contributed by atoms with E-state index in [1.54, 1.807) is 0 Å². The molecule has 1 aromatic heterocycles. The quantitative estimate of drug-likeness (QED) is 0.811. The number of nitrogens with two attached hydrogens (primary N) is 1. The van der Waals surface area contributed by atoms with Crippen LogP contribution >= 0.6 is 0 Å². The van der Waals surface area contributed by atoms with Crippen molar-refractivity contribution in [3.8, 4) is 0 Å². The van der Waals surface area contributed by atoms with Gasteiger partial charge >= 0.3 is 0 Å². The van der Waals surface area contributed by atoms with E-state index in [0.29, 0.717) is 17.6 Å². The predicted molar refractivity (Wildman–Crippen MR) is 69.1 cm³/mol. The van der Waals surface area contributed by atoms with Crippen molar-refractivity contribution in [1.82, 2.24) is 19.8 Å². The largest absolute Gasteiger partial charge is 0.382 e. The van der Waals surface area contributed by atoms with Crippen LogP contribution in [0.3, 0.4) is 0 Å². The molecule has 2 rings (SSSR count). The Hall–Kier alpha value is -1.69. The van der Waals surface area contributed by atoms with Gasteiger partial charge < -0.3 is 10.6 Å². The zero-order valence-corrected chi connectivity index (χ0v) is 10.8. The second-order valence-electron chi connectivity index (χ2n) is 4.75. The number of carbonyl (C=O) groups excluding carboxylic acids is 1. The van der Waals surface area contributed by atoms with Gasteiger partial charge in [0.05, 0.1) is 12.4 Å². The second-order valence-corrected chi connectivity index (χ2v) is 4.75. The van der Waals surface area contributed by atoms with E-state index in [2.05, 4.69) is 28.7 Å². The summed E-state index contributed by atoms with van der Waals surface area (Å²) in [4.78, 5) is 24.2. The van der Waals surface area contributed by atoms with Crippen molar-refractivity contribution in [3.63, 3.8) is 0 Å². The van der Waals surface area contributed by atoms with E-state index in [0.717, 1.165) is 26.2 Å². The minimum atomic E-state index is -0.0640. The fourth-order valence-electron chi connectivity index (χ4n) is 2.05. The summed E-state index contributed by atoms with van der Waals surface area (Å²) in [6.07, 6.45) is 2.85. The van der Waals surface area contributed by atoms with Crippen LogP contribution < -0.4 is 5.73 Å². The molecule has 98 valence electrons. The molecule has 1 saturated heterocycles. The minimum absolute atomic E-state index is 0.0640. The topological polar surface area (TPSA) is 75.3 Å². The molecule has 1 aromatic rings. The highest BCUT2D eigenvalue weighted by Gasteiger charge is 2.23. The highest BCUT2D eigenvalue weighted by Crippen LogP contribution is 2.09. The van der Waals surface area contributed by atoms with Crippen LogP contribution in [0.15, 0.2) is 12.4 Å². The molecule has 2 N–H and O–H groups in total. The Balaban J connectivity index is 1.97. The van der Waals surface area contributed by atoms with Crippen molar-refractivity contribution >= 4 is 11.7 Å². The Morgan fingerprint density at radius 3 is 2.39 bits per heavy atom. The van der Waals surface area contributed by atoms with Gasteiger partial charge in [-0.3, -0.25) is 9.69 Å². The average Bonchev–Trinajstić information content (AvgIpc) is 2.39. The van der Waals surface area contributed by atoms with Gasteiger partial charge in [0, 0.05) is 32.2 Å². The van der Waals surface area contributed by atoms with Gasteiger partial charge in [0.1, 0.15) is 11.5 Å². The third kappa shape index (κ3) is 2.76. The molecule has 0 spiro atoms. The van der Waals surface area contributed by atoms with E-state index in [1.807, 2.05) is 4.90 Å². The van der Waals surface area contributed by atoms with Gasteiger partial charge in [-0.05, 0) is 13.8 Å². The Labute approximate surface area is 107 Å².